The standard InChI is InChI=1S/C14H18F3N3O2S/c1-11-4-6-12(7-5-11)18-19-13(14(15,16)17)10-23(21,22)20-8-2-3-9-20/h4-7,18H,2-3,8-10H2,1H3/b19-13+. The molecule has 1 aliphatic rings. The van der Waals surface area contributed by atoms with E-state index in [0.717, 1.165) is 9.87 Å². The maximum atomic E-state index is 13.1. The summed E-state index contributed by atoms with van der Waals surface area (Å²) in [7, 11) is -4.01. The highest BCUT2D eigenvalue weighted by molar-refractivity contribution is 7.89. The average Bonchev–Trinajstić information content (AvgIpc) is 2.99. The predicted molar refractivity (Wildman–Crippen MR) is 82.9 cm³/mol. The first-order valence-corrected chi connectivity index (χ1v) is 8.74. The van der Waals surface area contributed by atoms with E-state index in [1.807, 2.05) is 6.92 Å². The second-order valence-corrected chi connectivity index (χ2v) is 7.37. The van der Waals surface area contributed by atoms with Crippen LogP contribution >= 0.6 is 0 Å². The van der Waals surface area contributed by atoms with Gasteiger partial charge in [-0.2, -0.15) is 18.3 Å². The van der Waals surface area contributed by atoms with E-state index in [4.69, 9.17) is 0 Å². The first-order chi connectivity index (χ1) is 10.7. The highest BCUT2D eigenvalue weighted by Gasteiger charge is 2.40. The summed E-state index contributed by atoms with van der Waals surface area (Å²) in [6.07, 6.45) is -3.48. The number of hydrogen-bond acceptors (Lipinski definition) is 4. The monoisotopic (exact) mass is 349 g/mol. The topological polar surface area (TPSA) is 61.8 Å². The van der Waals surface area contributed by atoms with Crippen LogP contribution < -0.4 is 5.43 Å². The molecule has 0 bridgehead atoms. The van der Waals surface area contributed by atoms with Gasteiger partial charge in [-0.25, -0.2) is 12.7 Å². The number of nitrogens with zero attached hydrogens (tertiary/aromatic N) is 2. The molecule has 0 unspecified atom stereocenters. The van der Waals surface area contributed by atoms with Gasteiger partial charge in [-0.05, 0) is 31.9 Å². The van der Waals surface area contributed by atoms with Gasteiger partial charge < -0.3 is 0 Å². The molecule has 0 aliphatic carbocycles. The van der Waals surface area contributed by atoms with Crippen molar-refractivity contribution >= 4 is 21.4 Å². The zero-order valence-electron chi connectivity index (χ0n) is 12.6. The fourth-order valence-corrected chi connectivity index (χ4v) is 3.74. The number of hydrogen-bond donors (Lipinski definition) is 1. The van der Waals surface area contributed by atoms with Crippen LogP contribution in [0.25, 0.3) is 0 Å². The lowest BCUT2D eigenvalue weighted by atomic mass is 10.2. The van der Waals surface area contributed by atoms with Gasteiger partial charge in [-0.1, -0.05) is 17.7 Å². The summed E-state index contributed by atoms with van der Waals surface area (Å²) >= 11 is 0. The number of aryl methyl sites for hydroxylation is 1. The summed E-state index contributed by atoms with van der Waals surface area (Å²) < 4.78 is 64.4. The van der Waals surface area contributed by atoms with Gasteiger partial charge in [0.25, 0.3) is 0 Å². The van der Waals surface area contributed by atoms with Crippen LogP contribution in [0.2, 0.25) is 0 Å². The third kappa shape index (κ3) is 4.93. The Morgan fingerprint density at radius 1 is 1.22 bits per heavy atom. The molecule has 1 aromatic carbocycles. The van der Waals surface area contributed by atoms with E-state index in [2.05, 4.69) is 10.5 Å². The minimum absolute atomic E-state index is 0.263. The van der Waals surface area contributed by atoms with Gasteiger partial charge >= 0.3 is 6.18 Å². The molecule has 0 atom stereocenters. The van der Waals surface area contributed by atoms with Crippen molar-refractivity contribution in [3.05, 3.63) is 29.8 Å². The van der Waals surface area contributed by atoms with Crippen molar-refractivity contribution in [2.45, 2.75) is 25.9 Å². The molecule has 5 nitrogen and oxygen atoms in total. The Labute approximate surface area is 133 Å². The summed E-state index contributed by atoms with van der Waals surface area (Å²) in [4.78, 5) is 0. The van der Waals surface area contributed by atoms with Gasteiger partial charge in [0.2, 0.25) is 10.0 Å². The van der Waals surface area contributed by atoms with Crippen LogP contribution in [-0.2, 0) is 10.0 Å². The second kappa shape index (κ2) is 6.88. The summed E-state index contributed by atoms with van der Waals surface area (Å²) in [6.45, 7) is 2.37. The minimum atomic E-state index is -4.81. The Kier molecular flexibility index (Phi) is 5.30. The number of benzene rings is 1. The van der Waals surface area contributed by atoms with Crippen molar-refractivity contribution < 1.29 is 21.6 Å². The maximum Gasteiger partial charge on any atom is 0.432 e. The van der Waals surface area contributed by atoms with E-state index >= 15 is 0 Å². The zero-order chi connectivity index (χ0) is 17.1. The molecular weight excluding hydrogens is 331 g/mol. The molecule has 1 N–H and O–H groups in total. The van der Waals surface area contributed by atoms with E-state index in [-0.39, 0.29) is 13.1 Å². The maximum absolute atomic E-state index is 13.1. The molecule has 0 aromatic heterocycles. The van der Waals surface area contributed by atoms with Gasteiger partial charge in [0.05, 0.1) is 5.69 Å². The zero-order valence-corrected chi connectivity index (χ0v) is 13.4. The van der Waals surface area contributed by atoms with Crippen LogP contribution in [0.15, 0.2) is 29.4 Å². The van der Waals surface area contributed by atoms with E-state index in [1.165, 1.54) is 0 Å². The first kappa shape index (κ1) is 17.7. The number of rotatable bonds is 5. The van der Waals surface area contributed by atoms with Crippen molar-refractivity contribution in [3.8, 4) is 0 Å². The van der Waals surface area contributed by atoms with Gasteiger partial charge in [-0.3, -0.25) is 5.43 Å². The summed E-state index contributed by atoms with van der Waals surface area (Å²) in [5, 5.41) is 3.29. The average molecular weight is 349 g/mol. The van der Waals surface area contributed by atoms with Crippen LogP contribution in [0.4, 0.5) is 18.9 Å². The third-order valence-electron chi connectivity index (χ3n) is 3.48. The molecule has 1 heterocycles. The van der Waals surface area contributed by atoms with Crippen LogP contribution in [0.1, 0.15) is 18.4 Å². The molecule has 0 radical (unpaired) electrons. The van der Waals surface area contributed by atoms with Crippen LogP contribution in [0, 0.1) is 6.92 Å². The van der Waals surface area contributed by atoms with Crippen molar-refractivity contribution in [1.29, 1.82) is 0 Å². The quantitative estimate of drug-likeness (QED) is 0.657. The largest absolute Gasteiger partial charge is 0.432 e. The van der Waals surface area contributed by atoms with Gasteiger partial charge in [0.15, 0.2) is 5.71 Å². The number of halogens is 3. The molecule has 0 saturated carbocycles. The number of alkyl halides is 3. The predicted octanol–water partition coefficient (Wildman–Crippen LogP) is 2.75. The molecule has 0 amide bonds. The SMILES string of the molecule is Cc1ccc(N/N=C(\CS(=O)(=O)N2CCCC2)C(F)(F)F)cc1. The van der Waals surface area contributed by atoms with Crippen molar-refractivity contribution in [1.82, 2.24) is 4.31 Å². The highest BCUT2D eigenvalue weighted by Crippen LogP contribution is 2.22. The Morgan fingerprint density at radius 2 is 1.78 bits per heavy atom. The molecular formula is C14H18F3N3O2S. The molecule has 1 fully saturated rings. The third-order valence-corrected chi connectivity index (χ3v) is 5.27. The lowest BCUT2D eigenvalue weighted by Gasteiger charge is -2.17. The molecule has 128 valence electrons. The Morgan fingerprint density at radius 3 is 2.30 bits per heavy atom. The molecule has 23 heavy (non-hydrogen) atoms. The van der Waals surface area contributed by atoms with E-state index in [0.29, 0.717) is 18.5 Å². The molecule has 1 aliphatic heterocycles. The van der Waals surface area contributed by atoms with Crippen LogP contribution in [0.5, 0.6) is 0 Å². The van der Waals surface area contributed by atoms with Crippen LogP contribution in [0.3, 0.4) is 0 Å². The summed E-state index contributed by atoms with van der Waals surface area (Å²) in [5.74, 6) is -1.16. The number of anilines is 1. The molecule has 1 saturated heterocycles. The number of sulfonamides is 1. The van der Waals surface area contributed by atoms with E-state index < -0.39 is 27.7 Å². The Hall–Kier alpha value is -1.61. The normalized spacial score (nSPS) is 17.5. The van der Waals surface area contributed by atoms with Crippen LogP contribution in [-0.4, -0.2) is 43.5 Å². The van der Waals surface area contributed by atoms with Gasteiger partial charge in [-0.15, -0.1) is 0 Å². The van der Waals surface area contributed by atoms with Gasteiger partial charge in [0, 0.05) is 13.1 Å². The number of hydrazone groups is 1. The van der Waals surface area contributed by atoms with Crippen molar-refractivity contribution in [2.24, 2.45) is 5.10 Å². The second-order valence-electron chi connectivity index (χ2n) is 5.40. The lowest BCUT2D eigenvalue weighted by Crippen LogP contribution is -2.38. The van der Waals surface area contributed by atoms with Crippen molar-refractivity contribution in [3.63, 3.8) is 0 Å². The highest BCUT2D eigenvalue weighted by atomic mass is 32.2. The minimum Gasteiger partial charge on any atom is -0.278 e. The smallest absolute Gasteiger partial charge is 0.278 e. The Bertz CT molecular complexity index is 664. The molecule has 0 spiro atoms. The summed E-state index contributed by atoms with van der Waals surface area (Å²) in [6, 6.07) is 6.57. The fourth-order valence-electron chi connectivity index (χ4n) is 2.17. The number of nitrogens with one attached hydrogen (secondary N) is 1. The van der Waals surface area contributed by atoms with Crippen molar-refractivity contribution in [2.75, 3.05) is 24.3 Å². The summed E-state index contributed by atoms with van der Waals surface area (Å²) in [5.41, 5.74) is 2.23. The first-order valence-electron chi connectivity index (χ1n) is 7.13. The molecule has 1 aromatic rings. The Balaban J connectivity index is 2.16. The molecule has 2 rings (SSSR count). The van der Waals surface area contributed by atoms with E-state index in [9.17, 15) is 21.6 Å². The fraction of sp³-hybridized carbons (Fsp3) is 0.500. The van der Waals surface area contributed by atoms with Gasteiger partial charge in [0.1, 0.15) is 5.75 Å². The molecule has 9 heteroatoms. The van der Waals surface area contributed by atoms with E-state index in [1.54, 1.807) is 24.3 Å². The lowest BCUT2D eigenvalue weighted by molar-refractivity contribution is -0.0591.